The number of nitrogens with one attached hydrogen (secondary N) is 2. The second kappa shape index (κ2) is 6.36. The highest BCUT2D eigenvalue weighted by Crippen LogP contribution is 2.22. The monoisotopic (exact) mass is 337 g/mol. The first-order chi connectivity index (χ1) is 11.6. The maximum atomic E-state index is 12.2. The molecule has 2 aromatic heterocycles. The Morgan fingerprint density at radius 3 is 2.92 bits per heavy atom. The molecule has 0 saturated carbocycles. The molecule has 0 aliphatic rings. The molecule has 7 nitrogen and oxygen atoms in total. The number of hydrogen-bond donors (Lipinski definition) is 3. The highest BCUT2D eigenvalue weighted by Gasteiger charge is 2.14. The van der Waals surface area contributed by atoms with Gasteiger partial charge < -0.3 is 15.5 Å². The lowest BCUT2D eigenvalue weighted by Crippen LogP contribution is -2.13. The normalized spacial score (nSPS) is 10.1. The van der Waals surface area contributed by atoms with Crippen molar-refractivity contribution in [1.82, 2.24) is 4.98 Å². The fraction of sp³-hybridized carbons (Fsp3) is 0. The van der Waals surface area contributed by atoms with Crippen molar-refractivity contribution in [3.05, 3.63) is 64.0 Å². The number of aromatic nitrogens is 1. The van der Waals surface area contributed by atoms with Gasteiger partial charge in [-0.25, -0.2) is 4.98 Å². The van der Waals surface area contributed by atoms with E-state index in [-0.39, 0.29) is 10.7 Å². The smallest absolute Gasteiger partial charge is 0.284 e. The molecule has 3 rings (SSSR count). The number of anilines is 2. The van der Waals surface area contributed by atoms with Crippen LogP contribution >= 0.6 is 11.3 Å². The van der Waals surface area contributed by atoms with Crippen LogP contribution in [0.3, 0.4) is 0 Å². The summed E-state index contributed by atoms with van der Waals surface area (Å²) >= 11 is 1.01. The van der Waals surface area contributed by atoms with Crippen molar-refractivity contribution in [1.29, 1.82) is 10.7 Å². The predicted molar refractivity (Wildman–Crippen MR) is 90.3 cm³/mol. The standard InChI is InChI=1S/C16H11N5O2S/c17-6-11-7-20-16(24-11)15(22)21-10-1-2-13(18)12(5-10)14(19)9-3-4-23-8-9/h1-5,7-8,19H,18H2,(H,21,22). The van der Waals surface area contributed by atoms with Crippen LogP contribution in [0, 0.1) is 16.7 Å². The summed E-state index contributed by atoms with van der Waals surface area (Å²) in [6.07, 6.45) is 4.27. The van der Waals surface area contributed by atoms with Crippen molar-refractivity contribution >= 4 is 34.3 Å². The molecule has 0 bridgehead atoms. The van der Waals surface area contributed by atoms with Crippen LogP contribution < -0.4 is 11.1 Å². The Balaban J connectivity index is 1.85. The Morgan fingerprint density at radius 1 is 1.42 bits per heavy atom. The second-order valence-electron chi connectivity index (χ2n) is 4.78. The number of hydrogen-bond acceptors (Lipinski definition) is 7. The van der Waals surface area contributed by atoms with Gasteiger partial charge in [0, 0.05) is 22.5 Å². The molecule has 2 heterocycles. The van der Waals surface area contributed by atoms with Gasteiger partial charge in [-0.1, -0.05) is 11.3 Å². The van der Waals surface area contributed by atoms with Gasteiger partial charge >= 0.3 is 0 Å². The first kappa shape index (κ1) is 15.5. The number of benzene rings is 1. The summed E-state index contributed by atoms with van der Waals surface area (Å²) in [5.74, 6) is -0.424. The van der Waals surface area contributed by atoms with Gasteiger partial charge in [0.05, 0.1) is 24.4 Å². The molecular formula is C16H11N5O2S. The summed E-state index contributed by atoms with van der Waals surface area (Å²) in [7, 11) is 0. The van der Waals surface area contributed by atoms with Gasteiger partial charge in [-0.3, -0.25) is 10.2 Å². The zero-order chi connectivity index (χ0) is 17.1. The van der Waals surface area contributed by atoms with Gasteiger partial charge in [0.25, 0.3) is 5.91 Å². The van der Waals surface area contributed by atoms with Crippen LogP contribution in [0.2, 0.25) is 0 Å². The molecule has 24 heavy (non-hydrogen) atoms. The van der Waals surface area contributed by atoms with E-state index in [1.807, 2.05) is 6.07 Å². The molecule has 0 atom stereocenters. The molecule has 0 spiro atoms. The van der Waals surface area contributed by atoms with Crippen LogP contribution in [0.1, 0.15) is 25.8 Å². The fourth-order valence-electron chi connectivity index (χ4n) is 2.03. The van der Waals surface area contributed by atoms with Crippen LogP contribution in [-0.4, -0.2) is 16.6 Å². The van der Waals surface area contributed by atoms with E-state index in [1.54, 1.807) is 24.3 Å². The number of thiazole rings is 1. The van der Waals surface area contributed by atoms with Gasteiger partial charge in [0.15, 0.2) is 5.01 Å². The number of nitrogen functional groups attached to an aromatic ring is 1. The Morgan fingerprint density at radius 2 is 2.25 bits per heavy atom. The molecule has 4 N–H and O–H groups in total. The summed E-state index contributed by atoms with van der Waals surface area (Å²) in [5, 5.41) is 19.9. The summed E-state index contributed by atoms with van der Waals surface area (Å²) in [6, 6.07) is 8.46. The SMILES string of the molecule is N#Cc1cnc(C(=O)Nc2ccc(N)c(C(=N)c3ccoc3)c2)s1. The summed E-state index contributed by atoms with van der Waals surface area (Å²) < 4.78 is 4.98. The van der Waals surface area contributed by atoms with Crippen molar-refractivity contribution in [3.63, 3.8) is 0 Å². The minimum atomic E-state index is -0.424. The highest BCUT2D eigenvalue weighted by atomic mass is 32.1. The second-order valence-corrected chi connectivity index (χ2v) is 5.82. The van der Waals surface area contributed by atoms with Gasteiger partial charge in [-0.15, -0.1) is 0 Å². The lowest BCUT2D eigenvalue weighted by Gasteiger charge is -2.09. The van der Waals surface area contributed by atoms with Gasteiger partial charge in [0.1, 0.15) is 10.9 Å². The molecule has 0 unspecified atom stereocenters. The van der Waals surface area contributed by atoms with E-state index in [9.17, 15) is 4.79 Å². The van der Waals surface area contributed by atoms with Gasteiger partial charge in [-0.05, 0) is 24.3 Å². The maximum Gasteiger partial charge on any atom is 0.284 e. The molecule has 0 saturated heterocycles. The number of carbonyl (C=O) groups is 1. The number of nitrogens with zero attached hydrogens (tertiary/aromatic N) is 2. The van der Waals surface area contributed by atoms with Crippen LogP contribution in [0.5, 0.6) is 0 Å². The summed E-state index contributed by atoms with van der Waals surface area (Å²) in [4.78, 5) is 16.4. The molecule has 0 aliphatic carbocycles. The zero-order valence-corrected chi connectivity index (χ0v) is 13.1. The van der Waals surface area contributed by atoms with E-state index in [2.05, 4.69) is 10.3 Å². The Labute approximate surface area is 140 Å². The summed E-state index contributed by atoms with van der Waals surface area (Å²) in [5.41, 5.74) is 8.08. The Kier molecular flexibility index (Phi) is 4.09. The first-order valence-electron chi connectivity index (χ1n) is 6.77. The quantitative estimate of drug-likeness (QED) is 0.498. The molecule has 1 aromatic carbocycles. The van der Waals surface area contributed by atoms with Crippen molar-refractivity contribution < 1.29 is 9.21 Å². The molecular weight excluding hydrogens is 326 g/mol. The number of nitriles is 1. The molecule has 1 amide bonds. The highest BCUT2D eigenvalue weighted by molar-refractivity contribution is 7.14. The topological polar surface area (TPSA) is 129 Å². The molecule has 3 aromatic rings. The summed E-state index contributed by atoms with van der Waals surface area (Å²) in [6.45, 7) is 0. The van der Waals surface area contributed by atoms with Crippen LogP contribution in [0.15, 0.2) is 47.4 Å². The van der Waals surface area contributed by atoms with Crippen LogP contribution in [-0.2, 0) is 0 Å². The van der Waals surface area contributed by atoms with Crippen LogP contribution in [0.4, 0.5) is 11.4 Å². The fourth-order valence-corrected chi connectivity index (χ4v) is 2.64. The van der Waals surface area contributed by atoms with E-state index in [4.69, 9.17) is 20.8 Å². The number of carbonyl (C=O) groups excluding carboxylic acids is 1. The molecule has 8 heteroatoms. The lowest BCUT2D eigenvalue weighted by molar-refractivity contribution is 0.102. The van der Waals surface area contributed by atoms with E-state index < -0.39 is 5.91 Å². The maximum absolute atomic E-state index is 12.2. The van der Waals surface area contributed by atoms with Gasteiger partial charge in [0.2, 0.25) is 0 Å². The molecule has 0 fully saturated rings. The van der Waals surface area contributed by atoms with Crippen LogP contribution in [0.25, 0.3) is 0 Å². The van der Waals surface area contributed by atoms with Crippen molar-refractivity contribution in [2.45, 2.75) is 0 Å². The van der Waals surface area contributed by atoms with Crippen molar-refractivity contribution in [3.8, 4) is 6.07 Å². The third kappa shape index (κ3) is 3.02. The van der Waals surface area contributed by atoms with E-state index >= 15 is 0 Å². The van der Waals surface area contributed by atoms with E-state index in [1.165, 1.54) is 18.7 Å². The third-order valence-corrected chi connectivity index (χ3v) is 4.10. The predicted octanol–water partition coefficient (Wildman–Crippen LogP) is 2.86. The average Bonchev–Trinajstić information content (AvgIpc) is 3.27. The minimum absolute atomic E-state index is 0.190. The van der Waals surface area contributed by atoms with Gasteiger partial charge in [-0.2, -0.15) is 5.26 Å². The first-order valence-corrected chi connectivity index (χ1v) is 7.58. The van der Waals surface area contributed by atoms with Crippen molar-refractivity contribution in [2.75, 3.05) is 11.1 Å². The number of furan rings is 1. The molecule has 118 valence electrons. The van der Waals surface area contributed by atoms with E-state index in [0.29, 0.717) is 27.4 Å². The number of rotatable bonds is 4. The zero-order valence-electron chi connectivity index (χ0n) is 12.2. The Hall–Kier alpha value is -3.44. The van der Waals surface area contributed by atoms with E-state index in [0.717, 1.165) is 11.3 Å². The molecule has 0 aliphatic heterocycles. The number of amides is 1. The minimum Gasteiger partial charge on any atom is -0.472 e. The number of nitrogens with two attached hydrogens (primary N) is 1. The average molecular weight is 337 g/mol. The lowest BCUT2D eigenvalue weighted by atomic mass is 10.0. The van der Waals surface area contributed by atoms with Crippen molar-refractivity contribution in [2.24, 2.45) is 0 Å². The third-order valence-electron chi connectivity index (χ3n) is 3.20. The largest absolute Gasteiger partial charge is 0.472 e. The Bertz CT molecular complexity index is 953. The molecule has 0 radical (unpaired) electrons.